The van der Waals surface area contributed by atoms with Crippen molar-refractivity contribution in [3.05, 3.63) is 47.0 Å². The highest BCUT2D eigenvalue weighted by atomic mass is 19.4. The Labute approximate surface area is 188 Å². The lowest BCUT2D eigenvalue weighted by Gasteiger charge is -2.25. The fraction of sp³-hybridized carbons (Fsp3) is 0.364. The highest BCUT2D eigenvalue weighted by Gasteiger charge is 2.36. The van der Waals surface area contributed by atoms with Crippen molar-refractivity contribution in [2.24, 2.45) is 0 Å². The number of ether oxygens (including phenoxy) is 2. The van der Waals surface area contributed by atoms with Gasteiger partial charge < -0.3 is 24.6 Å². The van der Waals surface area contributed by atoms with Gasteiger partial charge in [-0.15, -0.1) is 13.2 Å². The summed E-state index contributed by atoms with van der Waals surface area (Å²) in [5.74, 6) is -0.739. The van der Waals surface area contributed by atoms with E-state index in [2.05, 4.69) is 10.1 Å². The maximum atomic E-state index is 12.6. The van der Waals surface area contributed by atoms with Gasteiger partial charge in [0.05, 0.1) is 12.7 Å². The van der Waals surface area contributed by atoms with Crippen LogP contribution >= 0.6 is 0 Å². The number of benzene rings is 2. The molecule has 1 aliphatic heterocycles. The predicted molar refractivity (Wildman–Crippen MR) is 110 cm³/mol. The molecule has 2 aliphatic rings. The Bertz CT molecular complexity index is 1110. The number of amides is 1. The molecule has 0 aromatic heterocycles. The molecule has 2 aromatic rings. The van der Waals surface area contributed by atoms with E-state index in [1.54, 1.807) is 13.5 Å². The summed E-state index contributed by atoms with van der Waals surface area (Å²) in [5.41, 5.74) is 1.11. The monoisotopic (exact) mass is 459 g/mol. The molecule has 1 amide bonds. The largest absolute Gasteiger partial charge is 0.573 e. The van der Waals surface area contributed by atoms with Crippen LogP contribution < -0.4 is 20.3 Å². The fourth-order valence-corrected chi connectivity index (χ4v) is 3.59. The number of carbonyl (C=O) groups excluding carboxylic acids is 1. The highest BCUT2D eigenvalue weighted by Crippen LogP contribution is 2.47. The van der Waals surface area contributed by atoms with Crippen LogP contribution in [-0.2, 0) is 11.3 Å². The van der Waals surface area contributed by atoms with Crippen molar-refractivity contribution in [3.8, 4) is 23.3 Å². The van der Waals surface area contributed by atoms with Gasteiger partial charge in [0.15, 0.2) is 17.0 Å². The Morgan fingerprint density at radius 2 is 2.03 bits per heavy atom. The van der Waals surface area contributed by atoms with Gasteiger partial charge in [0.1, 0.15) is 12.4 Å². The minimum absolute atomic E-state index is 0.0387. The van der Waals surface area contributed by atoms with Crippen LogP contribution in [0, 0.1) is 11.3 Å². The van der Waals surface area contributed by atoms with Gasteiger partial charge >= 0.3 is 13.8 Å². The third-order valence-corrected chi connectivity index (χ3v) is 5.34. The van der Waals surface area contributed by atoms with Gasteiger partial charge in [0.2, 0.25) is 0 Å². The standard InChI is InChI=1S/C22H19BF3N2O5/c1-21(10-27,28-20(30)13-4-6-15(7-5-13)33-22(24,25)26)11-31-19-16(29)8-14-9-32-23-18(14)17(19)12-2-3-12/h4-8,12,29H,2-3,9,11H2,1H3,(H,28,30). The topological polar surface area (TPSA) is 101 Å². The van der Waals surface area contributed by atoms with E-state index in [1.807, 2.05) is 6.07 Å². The van der Waals surface area contributed by atoms with E-state index in [4.69, 9.17) is 9.39 Å². The van der Waals surface area contributed by atoms with Crippen molar-refractivity contribution >= 4 is 18.9 Å². The molecule has 1 unspecified atom stereocenters. The van der Waals surface area contributed by atoms with Gasteiger partial charge in [-0.1, -0.05) is 0 Å². The molecule has 1 radical (unpaired) electrons. The maximum absolute atomic E-state index is 12.6. The first-order chi connectivity index (χ1) is 15.6. The quantitative estimate of drug-likeness (QED) is 0.618. The average Bonchev–Trinajstić information content (AvgIpc) is 3.48. The van der Waals surface area contributed by atoms with E-state index in [9.17, 15) is 28.3 Å². The molecule has 0 bridgehead atoms. The van der Waals surface area contributed by atoms with Crippen LogP contribution in [0.15, 0.2) is 30.3 Å². The first kappa shape index (κ1) is 22.8. The summed E-state index contributed by atoms with van der Waals surface area (Å²) >= 11 is 0. The van der Waals surface area contributed by atoms with E-state index in [1.165, 1.54) is 6.92 Å². The third-order valence-electron chi connectivity index (χ3n) is 5.34. The molecule has 33 heavy (non-hydrogen) atoms. The number of phenols is 1. The first-order valence-corrected chi connectivity index (χ1v) is 10.1. The Kier molecular flexibility index (Phi) is 5.88. The Hall–Kier alpha value is -3.39. The molecule has 1 aliphatic carbocycles. The molecule has 7 nitrogen and oxygen atoms in total. The number of nitrogens with one attached hydrogen (secondary N) is 1. The summed E-state index contributed by atoms with van der Waals surface area (Å²) in [5, 5.41) is 22.7. The lowest BCUT2D eigenvalue weighted by Crippen LogP contribution is -2.49. The Morgan fingerprint density at radius 3 is 2.64 bits per heavy atom. The zero-order chi connectivity index (χ0) is 23.8. The van der Waals surface area contributed by atoms with Crippen molar-refractivity contribution in [2.75, 3.05) is 6.61 Å². The minimum Gasteiger partial charge on any atom is -0.504 e. The van der Waals surface area contributed by atoms with Gasteiger partial charge in [0, 0.05) is 5.56 Å². The summed E-state index contributed by atoms with van der Waals surface area (Å²) in [6, 6.07) is 7.87. The molecule has 11 heteroatoms. The van der Waals surface area contributed by atoms with E-state index in [-0.39, 0.29) is 29.6 Å². The fourth-order valence-electron chi connectivity index (χ4n) is 3.59. The van der Waals surface area contributed by atoms with Crippen molar-refractivity contribution in [1.29, 1.82) is 5.26 Å². The first-order valence-electron chi connectivity index (χ1n) is 10.1. The number of aromatic hydroxyl groups is 1. The van der Waals surface area contributed by atoms with Crippen LogP contribution in [-0.4, -0.2) is 37.0 Å². The maximum Gasteiger partial charge on any atom is 0.573 e. The average molecular weight is 459 g/mol. The number of rotatable bonds is 7. The molecule has 171 valence electrons. The SMILES string of the molecule is CC(C#N)(COc1c(O)cc2c(c1C1CC1)[B]OC2)NC(=O)c1ccc(OC(F)(F)F)cc1. The zero-order valence-electron chi connectivity index (χ0n) is 17.5. The number of nitrogens with zero attached hydrogens (tertiary/aromatic N) is 1. The second kappa shape index (κ2) is 8.52. The molecule has 0 saturated heterocycles. The summed E-state index contributed by atoms with van der Waals surface area (Å²) in [6.07, 6.45) is -2.95. The van der Waals surface area contributed by atoms with Gasteiger partial charge in [-0.05, 0) is 72.6 Å². The Balaban J connectivity index is 1.47. The summed E-state index contributed by atoms with van der Waals surface area (Å²) in [6.45, 7) is 1.54. The number of fused-ring (bicyclic) bond motifs is 1. The zero-order valence-corrected chi connectivity index (χ0v) is 17.5. The van der Waals surface area contributed by atoms with Gasteiger partial charge in [0.25, 0.3) is 5.91 Å². The van der Waals surface area contributed by atoms with Gasteiger partial charge in [-0.25, -0.2) is 0 Å². The van der Waals surface area contributed by atoms with Crippen molar-refractivity contribution in [3.63, 3.8) is 0 Å². The normalized spacial score (nSPS) is 16.7. The molecule has 1 saturated carbocycles. The van der Waals surface area contributed by atoms with Gasteiger partial charge in [-0.3, -0.25) is 4.79 Å². The molecule has 4 rings (SSSR count). The smallest absolute Gasteiger partial charge is 0.504 e. The van der Waals surface area contributed by atoms with E-state index < -0.39 is 23.6 Å². The third kappa shape index (κ3) is 5.17. The van der Waals surface area contributed by atoms with Crippen LogP contribution in [0.2, 0.25) is 0 Å². The minimum atomic E-state index is -4.84. The van der Waals surface area contributed by atoms with E-state index in [0.29, 0.717) is 6.61 Å². The van der Waals surface area contributed by atoms with Crippen molar-refractivity contribution in [2.45, 2.75) is 44.2 Å². The molecule has 0 spiro atoms. The predicted octanol–water partition coefficient (Wildman–Crippen LogP) is 3.03. The van der Waals surface area contributed by atoms with E-state index >= 15 is 0 Å². The molecular weight excluding hydrogens is 440 g/mol. The molecule has 1 fully saturated rings. The second-order valence-electron chi connectivity index (χ2n) is 8.17. The molecule has 1 heterocycles. The van der Waals surface area contributed by atoms with Crippen LogP contribution in [0.3, 0.4) is 0 Å². The van der Waals surface area contributed by atoms with Crippen LogP contribution in [0.25, 0.3) is 0 Å². The Morgan fingerprint density at radius 1 is 1.33 bits per heavy atom. The molecule has 2 N–H and O–H groups in total. The number of nitriles is 1. The summed E-state index contributed by atoms with van der Waals surface area (Å²) in [7, 11) is 1.63. The lowest BCUT2D eigenvalue weighted by molar-refractivity contribution is -0.274. The van der Waals surface area contributed by atoms with Crippen LogP contribution in [0.4, 0.5) is 13.2 Å². The molecule has 2 aromatic carbocycles. The summed E-state index contributed by atoms with van der Waals surface area (Å²) in [4.78, 5) is 12.6. The number of alkyl halides is 3. The van der Waals surface area contributed by atoms with Crippen molar-refractivity contribution < 1.29 is 37.2 Å². The van der Waals surface area contributed by atoms with E-state index in [0.717, 1.165) is 53.7 Å². The van der Waals surface area contributed by atoms with Crippen molar-refractivity contribution in [1.82, 2.24) is 5.32 Å². The molecular formula is C22H19BF3N2O5. The van der Waals surface area contributed by atoms with Crippen LogP contribution in [0.1, 0.15) is 47.2 Å². The number of halogens is 3. The van der Waals surface area contributed by atoms with Crippen LogP contribution in [0.5, 0.6) is 17.2 Å². The highest BCUT2D eigenvalue weighted by molar-refractivity contribution is 6.50. The number of hydrogen-bond acceptors (Lipinski definition) is 6. The number of carbonyl (C=O) groups is 1. The number of phenolic OH excluding ortho intramolecular Hbond substituents is 1. The summed E-state index contributed by atoms with van der Waals surface area (Å²) < 4.78 is 51.9. The number of hydrogen-bond donors (Lipinski definition) is 2. The lowest BCUT2D eigenvalue weighted by atomic mass is 9.80. The molecule has 1 atom stereocenters. The van der Waals surface area contributed by atoms with Gasteiger partial charge in [-0.2, -0.15) is 5.26 Å². The second-order valence-corrected chi connectivity index (χ2v) is 8.17.